The fourth-order valence-corrected chi connectivity index (χ4v) is 2.58. The highest BCUT2D eigenvalue weighted by Crippen LogP contribution is 2.23. The number of amides is 1. The molecule has 18 heavy (non-hydrogen) atoms. The van der Waals surface area contributed by atoms with Crippen LogP contribution in [0.2, 0.25) is 0 Å². The van der Waals surface area contributed by atoms with Gasteiger partial charge in [0.05, 0.1) is 0 Å². The van der Waals surface area contributed by atoms with E-state index in [4.69, 9.17) is 5.73 Å². The standard InChI is InChI=1S/C15H22N2O/c16-15(18)13-7-9-14(10-8-13)17-11-12-5-3-1-2-4-6-12/h7-10,12,17H,1-6,11H2,(H2,16,18). The Labute approximate surface area is 109 Å². The van der Waals surface area contributed by atoms with Crippen molar-refractivity contribution in [3.8, 4) is 0 Å². The molecule has 0 bridgehead atoms. The maximum Gasteiger partial charge on any atom is 0.248 e. The number of hydrogen-bond donors (Lipinski definition) is 2. The summed E-state index contributed by atoms with van der Waals surface area (Å²) < 4.78 is 0. The molecule has 0 aromatic heterocycles. The lowest BCUT2D eigenvalue weighted by molar-refractivity contribution is 0.100. The summed E-state index contributed by atoms with van der Waals surface area (Å²) in [5, 5.41) is 3.46. The van der Waals surface area contributed by atoms with Crippen LogP contribution in [0.15, 0.2) is 24.3 Å². The first-order chi connectivity index (χ1) is 8.75. The van der Waals surface area contributed by atoms with Crippen LogP contribution >= 0.6 is 0 Å². The molecular weight excluding hydrogens is 224 g/mol. The number of nitrogens with two attached hydrogens (primary N) is 1. The molecule has 0 atom stereocenters. The second-order valence-electron chi connectivity index (χ2n) is 5.18. The van der Waals surface area contributed by atoms with Crippen molar-refractivity contribution >= 4 is 11.6 Å². The highest BCUT2D eigenvalue weighted by molar-refractivity contribution is 5.93. The van der Waals surface area contributed by atoms with Crippen LogP contribution in [0.3, 0.4) is 0 Å². The highest BCUT2D eigenvalue weighted by atomic mass is 16.1. The summed E-state index contributed by atoms with van der Waals surface area (Å²) in [6.07, 6.45) is 8.20. The molecule has 1 aromatic carbocycles. The topological polar surface area (TPSA) is 55.1 Å². The fourth-order valence-electron chi connectivity index (χ4n) is 2.58. The number of benzene rings is 1. The van der Waals surface area contributed by atoms with E-state index in [1.807, 2.05) is 12.1 Å². The first-order valence-corrected chi connectivity index (χ1v) is 6.89. The zero-order valence-corrected chi connectivity index (χ0v) is 10.8. The van der Waals surface area contributed by atoms with Crippen LogP contribution in [-0.4, -0.2) is 12.5 Å². The molecule has 0 spiro atoms. The van der Waals surface area contributed by atoms with Gasteiger partial charge in [-0.25, -0.2) is 0 Å². The van der Waals surface area contributed by atoms with Crippen molar-refractivity contribution in [1.82, 2.24) is 0 Å². The van der Waals surface area contributed by atoms with Crippen molar-refractivity contribution in [2.45, 2.75) is 38.5 Å². The molecule has 1 saturated carbocycles. The second-order valence-corrected chi connectivity index (χ2v) is 5.18. The minimum atomic E-state index is -0.370. The lowest BCUT2D eigenvalue weighted by atomic mass is 10.0. The predicted molar refractivity (Wildman–Crippen MR) is 74.6 cm³/mol. The molecule has 0 unspecified atom stereocenters. The minimum Gasteiger partial charge on any atom is -0.385 e. The van der Waals surface area contributed by atoms with Gasteiger partial charge in [-0.15, -0.1) is 0 Å². The zero-order valence-electron chi connectivity index (χ0n) is 10.8. The Kier molecular flexibility index (Phi) is 4.62. The van der Waals surface area contributed by atoms with Crippen LogP contribution in [0, 0.1) is 5.92 Å². The third kappa shape index (κ3) is 3.76. The number of carbonyl (C=O) groups is 1. The second kappa shape index (κ2) is 6.43. The normalized spacial score (nSPS) is 17.1. The fraction of sp³-hybridized carbons (Fsp3) is 0.533. The summed E-state index contributed by atoms with van der Waals surface area (Å²) in [4.78, 5) is 11.0. The van der Waals surface area contributed by atoms with Gasteiger partial charge >= 0.3 is 0 Å². The van der Waals surface area contributed by atoms with Gasteiger partial charge in [0.2, 0.25) is 5.91 Å². The number of carbonyl (C=O) groups excluding carboxylic acids is 1. The summed E-state index contributed by atoms with van der Waals surface area (Å²) in [6.45, 7) is 1.04. The van der Waals surface area contributed by atoms with E-state index in [1.165, 1.54) is 38.5 Å². The van der Waals surface area contributed by atoms with Gasteiger partial charge in [0, 0.05) is 17.8 Å². The van der Waals surface area contributed by atoms with Crippen molar-refractivity contribution in [3.63, 3.8) is 0 Å². The van der Waals surface area contributed by atoms with Crippen LogP contribution < -0.4 is 11.1 Å². The Morgan fingerprint density at radius 2 is 1.72 bits per heavy atom. The highest BCUT2D eigenvalue weighted by Gasteiger charge is 2.11. The molecule has 1 fully saturated rings. The van der Waals surface area contributed by atoms with Gasteiger partial charge in [-0.1, -0.05) is 25.7 Å². The summed E-state index contributed by atoms with van der Waals surface area (Å²) >= 11 is 0. The molecule has 1 amide bonds. The van der Waals surface area contributed by atoms with E-state index in [2.05, 4.69) is 5.32 Å². The molecule has 0 radical (unpaired) electrons. The van der Waals surface area contributed by atoms with Crippen molar-refractivity contribution < 1.29 is 4.79 Å². The quantitative estimate of drug-likeness (QED) is 0.802. The molecule has 2 rings (SSSR count). The molecule has 0 heterocycles. The van der Waals surface area contributed by atoms with Crippen molar-refractivity contribution in [1.29, 1.82) is 0 Å². The Morgan fingerprint density at radius 1 is 1.11 bits per heavy atom. The van der Waals surface area contributed by atoms with E-state index in [9.17, 15) is 4.79 Å². The van der Waals surface area contributed by atoms with Crippen molar-refractivity contribution in [2.75, 3.05) is 11.9 Å². The summed E-state index contributed by atoms with van der Waals surface area (Å²) in [7, 11) is 0. The van der Waals surface area contributed by atoms with E-state index in [-0.39, 0.29) is 5.91 Å². The average Bonchev–Trinajstić information content (AvgIpc) is 2.65. The number of hydrogen-bond acceptors (Lipinski definition) is 2. The van der Waals surface area contributed by atoms with E-state index in [0.29, 0.717) is 5.56 Å². The maximum absolute atomic E-state index is 11.0. The van der Waals surface area contributed by atoms with Crippen LogP contribution in [0.1, 0.15) is 48.9 Å². The third-order valence-corrected chi connectivity index (χ3v) is 3.74. The predicted octanol–water partition coefficient (Wildman–Crippen LogP) is 3.17. The van der Waals surface area contributed by atoms with E-state index in [1.54, 1.807) is 12.1 Å². The van der Waals surface area contributed by atoms with Gasteiger partial charge < -0.3 is 11.1 Å². The number of primary amides is 1. The SMILES string of the molecule is NC(=O)c1ccc(NCC2CCCCCC2)cc1. The van der Waals surface area contributed by atoms with Gasteiger partial charge in [0.25, 0.3) is 0 Å². The lowest BCUT2D eigenvalue weighted by Gasteiger charge is -2.15. The number of rotatable bonds is 4. The molecule has 1 aliphatic rings. The Balaban J connectivity index is 1.83. The molecule has 0 saturated heterocycles. The maximum atomic E-state index is 11.0. The summed E-state index contributed by atoms with van der Waals surface area (Å²) in [6, 6.07) is 7.41. The van der Waals surface area contributed by atoms with Crippen LogP contribution in [0.4, 0.5) is 5.69 Å². The monoisotopic (exact) mass is 246 g/mol. The van der Waals surface area contributed by atoms with E-state index >= 15 is 0 Å². The van der Waals surface area contributed by atoms with Gasteiger partial charge in [0.15, 0.2) is 0 Å². The molecule has 3 nitrogen and oxygen atoms in total. The first kappa shape index (κ1) is 12.9. The molecule has 1 aliphatic carbocycles. The minimum absolute atomic E-state index is 0.370. The molecule has 1 aromatic rings. The van der Waals surface area contributed by atoms with Gasteiger partial charge in [-0.3, -0.25) is 4.79 Å². The van der Waals surface area contributed by atoms with E-state index < -0.39 is 0 Å². The van der Waals surface area contributed by atoms with Crippen LogP contribution in [-0.2, 0) is 0 Å². The molecule has 98 valence electrons. The van der Waals surface area contributed by atoms with Crippen molar-refractivity contribution in [3.05, 3.63) is 29.8 Å². The number of nitrogens with one attached hydrogen (secondary N) is 1. The van der Waals surface area contributed by atoms with Crippen molar-refractivity contribution in [2.24, 2.45) is 11.7 Å². The molecule has 3 heteroatoms. The van der Waals surface area contributed by atoms with Gasteiger partial charge in [0.1, 0.15) is 0 Å². The Morgan fingerprint density at radius 3 is 2.28 bits per heavy atom. The van der Waals surface area contributed by atoms with Gasteiger partial charge in [-0.05, 0) is 43.0 Å². The van der Waals surface area contributed by atoms with Crippen LogP contribution in [0.5, 0.6) is 0 Å². The molecular formula is C15H22N2O. The average molecular weight is 246 g/mol. The Bertz CT molecular complexity index is 378. The van der Waals surface area contributed by atoms with E-state index in [0.717, 1.165) is 18.2 Å². The Hall–Kier alpha value is -1.51. The zero-order chi connectivity index (χ0) is 12.8. The lowest BCUT2D eigenvalue weighted by Crippen LogP contribution is -2.14. The van der Waals surface area contributed by atoms with Crippen LogP contribution in [0.25, 0.3) is 0 Å². The smallest absolute Gasteiger partial charge is 0.248 e. The molecule has 0 aliphatic heterocycles. The first-order valence-electron chi connectivity index (χ1n) is 6.89. The largest absolute Gasteiger partial charge is 0.385 e. The molecule has 3 N–H and O–H groups in total. The third-order valence-electron chi connectivity index (χ3n) is 3.74. The summed E-state index contributed by atoms with van der Waals surface area (Å²) in [5.74, 6) is 0.425. The number of anilines is 1. The van der Waals surface area contributed by atoms with Gasteiger partial charge in [-0.2, -0.15) is 0 Å². The summed E-state index contributed by atoms with van der Waals surface area (Å²) in [5.41, 5.74) is 6.85.